The number of unbranched alkanes of at least 4 members (excludes halogenated alkanes) is 11. The van der Waals surface area contributed by atoms with E-state index in [1.165, 1.54) is 109 Å². The predicted molar refractivity (Wildman–Crippen MR) is 160 cm³/mol. The molecule has 2 nitrogen and oxygen atoms in total. The van der Waals surface area contributed by atoms with E-state index in [-0.39, 0.29) is 17.5 Å². The largest absolute Gasteiger partial charge is 0.459 e. The van der Waals surface area contributed by atoms with Gasteiger partial charge in [-0.2, -0.15) is 0 Å². The van der Waals surface area contributed by atoms with Gasteiger partial charge in [-0.3, -0.25) is 0 Å². The van der Waals surface area contributed by atoms with Crippen molar-refractivity contribution in [1.29, 1.82) is 0 Å². The van der Waals surface area contributed by atoms with Crippen LogP contribution < -0.4 is 0 Å². The first-order valence-corrected chi connectivity index (χ1v) is 16.6. The van der Waals surface area contributed by atoms with Crippen molar-refractivity contribution in [2.75, 3.05) is 0 Å². The van der Waals surface area contributed by atoms with E-state index in [4.69, 9.17) is 11.2 Å². The molecule has 4 aliphatic carbocycles. The second kappa shape index (κ2) is 15.3. The zero-order chi connectivity index (χ0) is 26.6. The topological polar surface area (TPSA) is 26.3 Å². The Kier molecular flexibility index (Phi) is 11.9. The average molecular weight is 521 g/mol. The van der Waals surface area contributed by atoms with Crippen molar-refractivity contribution in [3.8, 4) is 12.3 Å². The van der Waals surface area contributed by atoms with Crippen LogP contribution in [0.15, 0.2) is 24.3 Å². The minimum atomic E-state index is -0.140. The van der Waals surface area contributed by atoms with Crippen LogP contribution in [0.5, 0.6) is 0 Å². The Morgan fingerprint density at radius 2 is 1.58 bits per heavy atom. The predicted octanol–water partition coefficient (Wildman–Crippen LogP) is 9.98. The summed E-state index contributed by atoms with van der Waals surface area (Å²) in [5, 5.41) is 0. The lowest BCUT2D eigenvalue weighted by molar-refractivity contribution is -0.155. The van der Waals surface area contributed by atoms with Gasteiger partial charge in [-0.25, -0.2) is 4.79 Å². The number of hydrogen-bond donors (Lipinski definition) is 0. The van der Waals surface area contributed by atoms with E-state index in [0.717, 1.165) is 49.4 Å². The molecule has 1 unspecified atom stereocenters. The van der Waals surface area contributed by atoms with Crippen molar-refractivity contribution < 1.29 is 9.53 Å². The third-order valence-electron chi connectivity index (χ3n) is 11.1. The molecule has 0 aromatic carbocycles. The summed E-state index contributed by atoms with van der Waals surface area (Å²) in [6.07, 6.45) is 41.1. The SMILES string of the molecule is C#CC[C@]12CC[C@H]3[C@@H](CCC4CC=CC[C@@H]43)[C@@H]1CC[C@@H]2OC(=O)C=CCCCCCCCCCCCCC. The van der Waals surface area contributed by atoms with Gasteiger partial charge in [0.15, 0.2) is 0 Å². The summed E-state index contributed by atoms with van der Waals surface area (Å²) >= 11 is 0. The molecular weight excluding hydrogens is 464 g/mol. The lowest BCUT2D eigenvalue weighted by Gasteiger charge is -2.55. The van der Waals surface area contributed by atoms with Crippen LogP contribution >= 0.6 is 0 Å². The number of carbonyl (C=O) groups is 1. The maximum Gasteiger partial charge on any atom is 0.330 e. The first-order valence-electron chi connectivity index (χ1n) is 16.6. The van der Waals surface area contributed by atoms with Crippen LogP contribution in [0.3, 0.4) is 0 Å². The molecule has 0 aliphatic heterocycles. The van der Waals surface area contributed by atoms with Crippen LogP contribution in [0, 0.1) is 47.3 Å². The van der Waals surface area contributed by atoms with Gasteiger partial charge in [0, 0.05) is 17.9 Å². The van der Waals surface area contributed by atoms with E-state index >= 15 is 0 Å². The molecule has 2 heteroatoms. The molecule has 0 bridgehead atoms. The Hall–Kier alpha value is -1.49. The van der Waals surface area contributed by atoms with E-state index in [2.05, 4.69) is 25.0 Å². The number of rotatable bonds is 15. The van der Waals surface area contributed by atoms with Crippen molar-refractivity contribution in [2.45, 2.75) is 148 Å². The van der Waals surface area contributed by atoms with Crippen molar-refractivity contribution in [3.05, 3.63) is 24.3 Å². The van der Waals surface area contributed by atoms with E-state index < -0.39 is 0 Å². The molecule has 3 fully saturated rings. The van der Waals surface area contributed by atoms with Crippen LogP contribution in [0.1, 0.15) is 142 Å². The quantitative estimate of drug-likeness (QED) is 0.0706. The minimum Gasteiger partial charge on any atom is -0.459 e. The molecular formula is C36H56O2. The number of fused-ring (bicyclic) bond motifs is 5. The fraction of sp³-hybridized carbons (Fsp3) is 0.806. The average Bonchev–Trinajstić information content (AvgIpc) is 3.29. The highest BCUT2D eigenvalue weighted by Gasteiger charge is 2.59. The molecule has 3 saturated carbocycles. The molecule has 0 spiro atoms. The highest BCUT2D eigenvalue weighted by Crippen LogP contribution is 2.63. The van der Waals surface area contributed by atoms with Crippen molar-refractivity contribution in [1.82, 2.24) is 0 Å². The van der Waals surface area contributed by atoms with Crippen LogP contribution in [0.25, 0.3) is 0 Å². The molecule has 0 N–H and O–H groups in total. The van der Waals surface area contributed by atoms with Gasteiger partial charge >= 0.3 is 5.97 Å². The van der Waals surface area contributed by atoms with Gasteiger partial charge in [0.1, 0.15) is 6.10 Å². The Bertz CT molecular complexity index is 818. The number of allylic oxidation sites excluding steroid dienone is 3. The summed E-state index contributed by atoms with van der Waals surface area (Å²) in [4.78, 5) is 12.8. The Morgan fingerprint density at radius 1 is 0.868 bits per heavy atom. The maximum absolute atomic E-state index is 12.8. The molecule has 4 rings (SSSR count). The normalized spacial score (nSPS) is 33.9. The standard InChI is InChI=1S/C36H56O2/c1-3-5-6-7-8-9-10-11-12-13-14-15-16-21-35(37)38-34-25-24-33-32-23-22-29-19-17-18-20-30(29)31(32)26-28-36(33,34)27-4-2/h2,16-18,21,29-34H,3,5-15,19-20,22-28H2,1H3/t29?,30-,31+,32+,33-,34-,36-/m0/s1. The summed E-state index contributed by atoms with van der Waals surface area (Å²) in [7, 11) is 0. The van der Waals surface area contributed by atoms with Gasteiger partial charge < -0.3 is 4.74 Å². The second-order valence-electron chi connectivity index (χ2n) is 13.3. The molecule has 0 amide bonds. The minimum absolute atomic E-state index is 0.00703. The summed E-state index contributed by atoms with van der Waals surface area (Å²) in [6.45, 7) is 2.28. The molecule has 0 aromatic heterocycles. The molecule has 38 heavy (non-hydrogen) atoms. The van der Waals surface area contributed by atoms with Crippen LogP contribution in [-0.2, 0) is 9.53 Å². The highest BCUT2D eigenvalue weighted by molar-refractivity contribution is 5.82. The monoisotopic (exact) mass is 520 g/mol. The fourth-order valence-corrected chi connectivity index (χ4v) is 9.17. The first-order chi connectivity index (χ1) is 18.7. The van der Waals surface area contributed by atoms with Gasteiger partial charge in [0.05, 0.1) is 0 Å². The molecule has 7 atom stereocenters. The summed E-state index contributed by atoms with van der Waals surface area (Å²) in [5.74, 6) is 6.95. The van der Waals surface area contributed by atoms with Gasteiger partial charge in [0.25, 0.3) is 0 Å². The third-order valence-corrected chi connectivity index (χ3v) is 11.1. The van der Waals surface area contributed by atoms with Crippen molar-refractivity contribution in [3.63, 3.8) is 0 Å². The molecule has 0 radical (unpaired) electrons. The van der Waals surface area contributed by atoms with Crippen LogP contribution in [0.4, 0.5) is 0 Å². The van der Waals surface area contributed by atoms with E-state index in [9.17, 15) is 4.79 Å². The zero-order valence-electron chi connectivity index (χ0n) is 24.5. The number of ether oxygens (including phenoxy) is 1. The molecule has 0 aromatic rings. The fourth-order valence-electron chi connectivity index (χ4n) is 9.17. The molecule has 212 valence electrons. The Morgan fingerprint density at radius 3 is 2.32 bits per heavy atom. The lowest BCUT2D eigenvalue weighted by atomic mass is 9.50. The van der Waals surface area contributed by atoms with E-state index in [0.29, 0.717) is 5.92 Å². The zero-order valence-corrected chi connectivity index (χ0v) is 24.5. The lowest BCUT2D eigenvalue weighted by Crippen LogP contribution is -2.50. The van der Waals surface area contributed by atoms with Gasteiger partial charge in [0.2, 0.25) is 0 Å². The summed E-state index contributed by atoms with van der Waals surface area (Å²) in [5.41, 5.74) is 0.0206. The Balaban J connectivity index is 1.17. The highest BCUT2D eigenvalue weighted by atomic mass is 16.5. The van der Waals surface area contributed by atoms with Gasteiger partial charge in [-0.05, 0) is 93.8 Å². The summed E-state index contributed by atoms with van der Waals surface area (Å²) < 4.78 is 6.20. The van der Waals surface area contributed by atoms with E-state index in [1.807, 2.05) is 6.08 Å². The Labute approximate surface area is 234 Å². The van der Waals surface area contributed by atoms with E-state index in [1.54, 1.807) is 6.08 Å². The van der Waals surface area contributed by atoms with Gasteiger partial charge in [-0.1, -0.05) is 89.4 Å². The number of terminal acetylenes is 1. The number of carbonyl (C=O) groups excluding carboxylic acids is 1. The van der Waals surface area contributed by atoms with Crippen LogP contribution in [0.2, 0.25) is 0 Å². The third kappa shape index (κ3) is 7.37. The molecule has 0 saturated heterocycles. The van der Waals surface area contributed by atoms with Crippen molar-refractivity contribution in [2.24, 2.45) is 35.0 Å². The number of hydrogen-bond acceptors (Lipinski definition) is 2. The number of esters is 1. The maximum atomic E-state index is 12.8. The molecule has 4 aliphatic rings. The first kappa shape index (κ1) is 29.5. The molecule has 0 heterocycles. The second-order valence-corrected chi connectivity index (χ2v) is 13.3. The summed E-state index contributed by atoms with van der Waals surface area (Å²) in [6, 6.07) is 0. The van der Waals surface area contributed by atoms with Crippen molar-refractivity contribution >= 4 is 5.97 Å². The smallest absolute Gasteiger partial charge is 0.330 e. The van der Waals surface area contributed by atoms with Crippen LogP contribution in [-0.4, -0.2) is 12.1 Å². The van der Waals surface area contributed by atoms with Gasteiger partial charge in [-0.15, -0.1) is 12.3 Å².